The molecule has 0 heterocycles. The maximum atomic E-state index is 5.84. The zero-order valence-corrected chi connectivity index (χ0v) is 10.5. The van der Waals surface area contributed by atoms with Gasteiger partial charge in [0.2, 0.25) is 0 Å². The van der Waals surface area contributed by atoms with Gasteiger partial charge in [-0.3, -0.25) is 0 Å². The van der Waals surface area contributed by atoms with E-state index in [-0.39, 0.29) is 6.04 Å². The van der Waals surface area contributed by atoms with Crippen LogP contribution in [-0.2, 0) is 6.42 Å². The fourth-order valence-electron chi connectivity index (χ4n) is 2.13. The Labute approximate surface area is 103 Å². The van der Waals surface area contributed by atoms with E-state index in [0.717, 1.165) is 6.42 Å². The molecule has 1 heteroatoms. The molecule has 1 unspecified atom stereocenters. The van der Waals surface area contributed by atoms with Crippen molar-refractivity contribution in [3.8, 4) is 11.1 Å². The molecular formula is C16H19N. The monoisotopic (exact) mass is 225 g/mol. The van der Waals surface area contributed by atoms with Gasteiger partial charge in [0.25, 0.3) is 0 Å². The number of hydrogen-bond acceptors (Lipinski definition) is 1. The van der Waals surface area contributed by atoms with Crippen molar-refractivity contribution in [2.45, 2.75) is 26.3 Å². The average Bonchev–Trinajstić information content (AvgIpc) is 2.29. The highest BCUT2D eigenvalue weighted by atomic mass is 14.6. The van der Waals surface area contributed by atoms with Gasteiger partial charge in [-0.25, -0.2) is 0 Å². The van der Waals surface area contributed by atoms with Crippen molar-refractivity contribution in [1.29, 1.82) is 0 Å². The highest BCUT2D eigenvalue weighted by Gasteiger charge is 2.03. The summed E-state index contributed by atoms with van der Waals surface area (Å²) in [5.41, 5.74) is 11.0. The van der Waals surface area contributed by atoms with Gasteiger partial charge in [0.15, 0.2) is 0 Å². The smallest absolute Gasteiger partial charge is 0.00509 e. The molecule has 0 radical (unpaired) electrons. The molecule has 0 spiro atoms. The SMILES string of the molecule is Cc1ccccc1-c1cccc(CC(C)N)c1. The number of benzene rings is 2. The van der Waals surface area contributed by atoms with Crippen LogP contribution >= 0.6 is 0 Å². The second kappa shape index (κ2) is 5.15. The molecular weight excluding hydrogens is 206 g/mol. The van der Waals surface area contributed by atoms with Crippen molar-refractivity contribution in [3.63, 3.8) is 0 Å². The molecule has 1 atom stereocenters. The quantitative estimate of drug-likeness (QED) is 0.849. The lowest BCUT2D eigenvalue weighted by molar-refractivity contribution is 0.738. The molecule has 0 aromatic heterocycles. The molecule has 2 rings (SSSR count). The Hall–Kier alpha value is -1.60. The van der Waals surface area contributed by atoms with Crippen LogP contribution in [-0.4, -0.2) is 6.04 Å². The van der Waals surface area contributed by atoms with Crippen molar-refractivity contribution in [2.24, 2.45) is 5.73 Å². The van der Waals surface area contributed by atoms with Crippen molar-refractivity contribution < 1.29 is 0 Å². The fourth-order valence-corrected chi connectivity index (χ4v) is 2.13. The van der Waals surface area contributed by atoms with Gasteiger partial charge in [-0.1, -0.05) is 48.5 Å². The van der Waals surface area contributed by atoms with Crippen LogP contribution in [0, 0.1) is 6.92 Å². The van der Waals surface area contributed by atoms with E-state index in [4.69, 9.17) is 5.73 Å². The van der Waals surface area contributed by atoms with Gasteiger partial charge in [-0.15, -0.1) is 0 Å². The molecule has 2 N–H and O–H groups in total. The predicted molar refractivity (Wildman–Crippen MR) is 74.0 cm³/mol. The minimum atomic E-state index is 0.210. The second-order valence-electron chi connectivity index (χ2n) is 4.70. The van der Waals surface area contributed by atoms with Crippen LogP contribution in [0.2, 0.25) is 0 Å². The highest BCUT2D eigenvalue weighted by molar-refractivity contribution is 5.67. The molecule has 2 aromatic carbocycles. The molecule has 0 fully saturated rings. The lowest BCUT2D eigenvalue weighted by Crippen LogP contribution is -2.17. The van der Waals surface area contributed by atoms with E-state index >= 15 is 0 Å². The van der Waals surface area contributed by atoms with Gasteiger partial charge in [0.05, 0.1) is 0 Å². The van der Waals surface area contributed by atoms with Gasteiger partial charge in [0.1, 0.15) is 0 Å². The maximum Gasteiger partial charge on any atom is 0.00509 e. The topological polar surface area (TPSA) is 26.0 Å². The first-order chi connectivity index (χ1) is 8.16. The standard InChI is InChI=1S/C16H19N/c1-12-6-3-4-9-16(12)15-8-5-7-14(11-15)10-13(2)17/h3-9,11,13H,10,17H2,1-2H3. The molecule has 0 amide bonds. The van der Waals surface area contributed by atoms with Crippen molar-refractivity contribution in [2.75, 3.05) is 0 Å². The Balaban J connectivity index is 2.37. The van der Waals surface area contributed by atoms with E-state index in [9.17, 15) is 0 Å². The van der Waals surface area contributed by atoms with Gasteiger partial charge < -0.3 is 5.73 Å². The molecule has 88 valence electrons. The minimum Gasteiger partial charge on any atom is -0.328 e. The molecule has 0 aliphatic rings. The number of aryl methyl sites for hydroxylation is 1. The maximum absolute atomic E-state index is 5.84. The summed E-state index contributed by atoms with van der Waals surface area (Å²) in [5.74, 6) is 0. The van der Waals surface area contributed by atoms with Gasteiger partial charge >= 0.3 is 0 Å². The zero-order valence-electron chi connectivity index (χ0n) is 10.5. The van der Waals surface area contributed by atoms with E-state index in [1.165, 1.54) is 22.3 Å². The average molecular weight is 225 g/mol. The Morgan fingerprint density at radius 2 is 1.82 bits per heavy atom. The fraction of sp³-hybridized carbons (Fsp3) is 0.250. The summed E-state index contributed by atoms with van der Waals surface area (Å²) in [7, 11) is 0. The molecule has 1 nitrogen and oxygen atoms in total. The van der Waals surface area contributed by atoms with Crippen molar-refractivity contribution >= 4 is 0 Å². The van der Waals surface area contributed by atoms with Crippen LogP contribution in [0.15, 0.2) is 48.5 Å². The highest BCUT2D eigenvalue weighted by Crippen LogP contribution is 2.24. The lowest BCUT2D eigenvalue weighted by atomic mass is 9.97. The third-order valence-corrected chi connectivity index (χ3v) is 2.94. The Morgan fingerprint density at radius 1 is 1.06 bits per heavy atom. The number of hydrogen-bond donors (Lipinski definition) is 1. The predicted octanol–water partition coefficient (Wildman–Crippen LogP) is 3.55. The zero-order chi connectivity index (χ0) is 12.3. The van der Waals surface area contributed by atoms with E-state index in [2.05, 4.69) is 55.5 Å². The Bertz CT molecular complexity index is 500. The van der Waals surface area contributed by atoms with Crippen LogP contribution in [0.4, 0.5) is 0 Å². The van der Waals surface area contributed by atoms with Crippen LogP contribution in [0.25, 0.3) is 11.1 Å². The number of rotatable bonds is 3. The molecule has 0 aliphatic heterocycles. The third-order valence-electron chi connectivity index (χ3n) is 2.94. The first-order valence-corrected chi connectivity index (χ1v) is 6.07. The summed E-state index contributed by atoms with van der Waals surface area (Å²) in [6.07, 6.45) is 0.930. The first-order valence-electron chi connectivity index (χ1n) is 6.07. The normalized spacial score (nSPS) is 12.4. The van der Waals surface area contributed by atoms with Crippen LogP contribution < -0.4 is 5.73 Å². The van der Waals surface area contributed by atoms with Crippen molar-refractivity contribution in [3.05, 3.63) is 59.7 Å². The summed E-state index contributed by atoms with van der Waals surface area (Å²) < 4.78 is 0. The summed E-state index contributed by atoms with van der Waals surface area (Å²) in [5, 5.41) is 0. The second-order valence-corrected chi connectivity index (χ2v) is 4.70. The molecule has 17 heavy (non-hydrogen) atoms. The van der Waals surface area contributed by atoms with E-state index < -0.39 is 0 Å². The summed E-state index contributed by atoms with van der Waals surface area (Å²) in [4.78, 5) is 0. The van der Waals surface area contributed by atoms with Gasteiger partial charge in [-0.2, -0.15) is 0 Å². The summed E-state index contributed by atoms with van der Waals surface area (Å²) >= 11 is 0. The van der Waals surface area contributed by atoms with Gasteiger partial charge in [0, 0.05) is 6.04 Å². The van der Waals surface area contributed by atoms with E-state index in [1.807, 2.05) is 6.92 Å². The Morgan fingerprint density at radius 3 is 2.53 bits per heavy atom. The third kappa shape index (κ3) is 2.95. The van der Waals surface area contributed by atoms with Gasteiger partial charge in [-0.05, 0) is 42.5 Å². The first kappa shape index (κ1) is 11.9. The molecule has 0 saturated carbocycles. The van der Waals surface area contributed by atoms with Crippen LogP contribution in [0.1, 0.15) is 18.1 Å². The summed E-state index contributed by atoms with van der Waals surface area (Å²) in [6.45, 7) is 4.19. The number of nitrogens with two attached hydrogens (primary N) is 1. The largest absolute Gasteiger partial charge is 0.328 e. The van der Waals surface area contributed by atoms with Crippen LogP contribution in [0.5, 0.6) is 0 Å². The summed E-state index contributed by atoms with van der Waals surface area (Å²) in [6, 6.07) is 17.3. The minimum absolute atomic E-state index is 0.210. The molecule has 2 aromatic rings. The van der Waals surface area contributed by atoms with E-state index in [0.29, 0.717) is 0 Å². The van der Waals surface area contributed by atoms with Crippen molar-refractivity contribution in [1.82, 2.24) is 0 Å². The van der Waals surface area contributed by atoms with Crippen LogP contribution in [0.3, 0.4) is 0 Å². The molecule has 0 bridgehead atoms. The lowest BCUT2D eigenvalue weighted by Gasteiger charge is -2.09. The molecule has 0 aliphatic carbocycles. The Kier molecular flexibility index (Phi) is 3.60. The van der Waals surface area contributed by atoms with E-state index in [1.54, 1.807) is 0 Å². The molecule has 0 saturated heterocycles.